The second kappa shape index (κ2) is 7.70. The summed E-state index contributed by atoms with van der Waals surface area (Å²) in [6, 6.07) is 16.1. The van der Waals surface area contributed by atoms with Crippen LogP contribution in [0, 0.1) is 0 Å². The molecule has 1 saturated heterocycles. The summed E-state index contributed by atoms with van der Waals surface area (Å²) in [4.78, 5) is 6.71. The van der Waals surface area contributed by atoms with E-state index in [1.54, 1.807) is 0 Å². The molecule has 0 saturated carbocycles. The standard InChI is InChI=1S/C20H19Cl2N3O/c21-17-12-16(5-6-19(17)25-7-9-26-10-8-25)23-13-15-11-14-3-1-2-4-18(14)24-20(15)22/h1-6,11-12,23H,7-10,13H2. The number of nitrogens with zero attached hydrogens (tertiary/aromatic N) is 2. The Kier molecular flexibility index (Phi) is 5.16. The van der Waals surface area contributed by atoms with Gasteiger partial charge in [-0.15, -0.1) is 0 Å². The lowest BCUT2D eigenvalue weighted by molar-refractivity contribution is 0.122. The van der Waals surface area contributed by atoms with Gasteiger partial charge in [-0.05, 0) is 30.3 Å². The molecule has 4 nitrogen and oxygen atoms in total. The molecule has 26 heavy (non-hydrogen) atoms. The van der Waals surface area contributed by atoms with Crippen molar-refractivity contribution in [3.05, 3.63) is 64.3 Å². The van der Waals surface area contributed by atoms with Gasteiger partial charge in [-0.3, -0.25) is 0 Å². The summed E-state index contributed by atoms with van der Waals surface area (Å²) in [5, 5.41) is 5.72. The SMILES string of the molecule is Clc1cc(NCc2cc3ccccc3nc2Cl)ccc1N1CCOCC1. The Balaban J connectivity index is 1.49. The highest BCUT2D eigenvalue weighted by Gasteiger charge is 2.14. The van der Waals surface area contributed by atoms with Crippen molar-refractivity contribution in [2.24, 2.45) is 0 Å². The minimum Gasteiger partial charge on any atom is -0.381 e. The van der Waals surface area contributed by atoms with Gasteiger partial charge in [0.15, 0.2) is 0 Å². The Morgan fingerprint density at radius 1 is 1.04 bits per heavy atom. The Bertz CT molecular complexity index is 926. The highest BCUT2D eigenvalue weighted by molar-refractivity contribution is 6.33. The van der Waals surface area contributed by atoms with Crippen LogP contribution in [0.3, 0.4) is 0 Å². The molecule has 1 aliphatic rings. The van der Waals surface area contributed by atoms with E-state index in [2.05, 4.69) is 27.3 Å². The molecule has 6 heteroatoms. The molecule has 2 aromatic carbocycles. The molecule has 4 rings (SSSR count). The Labute approximate surface area is 162 Å². The number of ether oxygens (including phenoxy) is 1. The predicted molar refractivity (Wildman–Crippen MR) is 109 cm³/mol. The first kappa shape index (κ1) is 17.4. The number of aromatic nitrogens is 1. The molecule has 2 heterocycles. The van der Waals surface area contributed by atoms with Crippen LogP contribution in [0.5, 0.6) is 0 Å². The zero-order chi connectivity index (χ0) is 17.9. The van der Waals surface area contributed by atoms with E-state index >= 15 is 0 Å². The number of anilines is 2. The summed E-state index contributed by atoms with van der Waals surface area (Å²) in [7, 11) is 0. The second-order valence-electron chi connectivity index (χ2n) is 6.25. The van der Waals surface area contributed by atoms with Crippen LogP contribution >= 0.6 is 23.2 Å². The monoisotopic (exact) mass is 387 g/mol. The fourth-order valence-corrected chi connectivity index (χ4v) is 3.65. The minimum absolute atomic E-state index is 0.521. The van der Waals surface area contributed by atoms with Crippen LogP contribution in [0.4, 0.5) is 11.4 Å². The van der Waals surface area contributed by atoms with Crippen LogP contribution in [-0.4, -0.2) is 31.3 Å². The summed E-state index contributed by atoms with van der Waals surface area (Å²) >= 11 is 12.8. The van der Waals surface area contributed by atoms with E-state index in [1.807, 2.05) is 36.4 Å². The van der Waals surface area contributed by atoms with E-state index in [0.29, 0.717) is 11.7 Å². The fourth-order valence-electron chi connectivity index (χ4n) is 3.14. The maximum atomic E-state index is 6.49. The zero-order valence-electron chi connectivity index (χ0n) is 14.2. The lowest BCUT2D eigenvalue weighted by Gasteiger charge is -2.29. The highest BCUT2D eigenvalue weighted by atomic mass is 35.5. The fraction of sp³-hybridized carbons (Fsp3) is 0.250. The summed E-state index contributed by atoms with van der Waals surface area (Å²) in [6.07, 6.45) is 0. The van der Waals surface area contributed by atoms with Crippen LogP contribution in [0.25, 0.3) is 10.9 Å². The highest BCUT2D eigenvalue weighted by Crippen LogP contribution is 2.30. The van der Waals surface area contributed by atoms with Crippen molar-refractivity contribution in [3.8, 4) is 0 Å². The zero-order valence-corrected chi connectivity index (χ0v) is 15.7. The van der Waals surface area contributed by atoms with Gasteiger partial charge in [-0.1, -0.05) is 41.4 Å². The van der Waals surface area contributed by atoms with Gasteiger partial charge in [0.25, 0.3) is 0 Å². The predicted octanol–water partition coefficient (Wildman–Crippen LogP) is 4.99. The summed E-state index contributed by atoms with van der Waals surface area (Å²) in [6.45, 7) is 3.80. The molecule has 3 aromatic rings. The van der Waals surface area contributed by atoms with E-state index in [-0.39, 0.29) is 0 Å². The molecule has 1 N–H and O–H groups in total. The first-order chi connectivity index (χ1) is 12.7. The van der Waals surface area contributed by atoms with E-state index in [9.17, 15) is 0 Å². The molecule has 134 valence electrons. The number of nitrogens with one attached hydrogen (secondary N) is 1. The van der Waals surface area contributed by atoms with E-state index < -0.39 is 0 Å². The minimum atomic E-state index is 0.521. The lowest BCUT2D eigenvalue weighted by atomic mass is 10.1. The van der Waals surface area contributed by atoms with E-state index in [1.165, 1.54) is 0 Å². The van der Waals surface area contributed by atoms with Gasteiger partial charge in [-0.25, -0.2) is 4.98 Å². The van der Waals surface area contributed by atoms with Crippen LogP contribution in [0.1, 0.15) is 5.56 Å². The third-order valence-electron chi connectivity index (χ3n) is 4.53. The van der Waals surface area contributed by atoms with Crippen molar-refractivity contribution in [3.63, 3.8) is 0 Å². The van der Waals surface area contributed by atoms with Gasteiger partial charge in [0.05, 0.1) is 29.4 Å². The van der Waals surface area contributed by atoms with Crippen LogP contribution in [-0.2, 0) is 11.3 Å². The number of fused-ring (bicyclic) bond motifs is 1. The van der Waals surface area contributed by atoms with Gasteiger partial charge in [-0.2, -0.15) is 0 Å². The first-order valence-corrected chi connectivity index (χ1v) is 9.36. The number of benzene rings is 2. The van der Waals surface area contributed by atoms with Crippen molar-refractivity contribution in [1.29, 1.82) is 0 Å². The number of pyridine rings is 1. The molecular weight excluding hydrogens is 369 g/mol. The largest absolute Gasteiger partial charge is 0.381 e. The topological polar surface area (TPSA) is 37.4 Å². The van der Waals surface area contributed by atoms with Crippen LogP contribution in [0.15, 0.2) is 48.5 Å². The normalized spacial score (nSPS) is 14.6. The molecule has 0 atom stereocenters. The molecule has 0 aliphatic carbocycles. The third kappa shape index (κ3) is 3.73. The number of halogens is 2. The van der Waals surface area contributed by atoms with Crippen molar-refractivity contribution >= 4 is 45.5 Å². The van der Waals surface area contributed by atoms with Crippen molar-refractivity contribution < 1.29 is 4.74 Å². The molecule has 1 aliphatic heterocycles. The molecule has 1 aromatic heterocycles. The van der Waals surface area contributed by atoms with E-state index in [0.717, 1.165) is 59.2 Å². The summed E-state index contributed by atoms with van der Waals surface area (Å²) in [5.74, 6) is 0. The lowest BCUT2D eigenvalue weighted by Crippen LogP contribution is -2.36. The molecule has 0 spiro atoms. The van der Waals surface area contributed by atoms with Crippen molar-refractivity contribution in [1.82, 2.24) is 4.98 Å². The maximum absolute atomic E-state index is 6.49. The number of hydrogen-bond acceptors (Lipinski definition) is 4. The Hall–Kier alpha value is -2.01. The Morgan fingerprint density at radius 2 is 1.85 bits per heavy atom. The van der Waals surface area contributed by atoms with Gasteiger partial charge < -0.3 is 15.0 Å². The van der Waals surface area contributed by atoms with Gasteiger partial charge in [0, 0.05) is 36.3 Å². The summed E-state index contributed by atoms with van der Waals surface area (Å²) in [5.41, 5.74) is 3.86. The molecule has 0 amide bonds. The molecular formula is C20H19Cl2N3O. The van der Waals surface area contributed by atoms with Gasteiger partial charge in [0.2, 0.25) is 0 Å². The molecule has 0 unspecified atom stereocenters. The molecule has 0 bridgehead atoms. The quantitative estimate of drug-likeness (QED) is 0.639. The average Bonchev–Trinajstić information content (AvgIpc) is 2.67. The number of morpholine rings is 1. The smallest absolute Gasteiger partial charge is 0.134 e. The summed E-state index contributed by atoms with van der Waals surface area (Å²) < 4.78 is 5.40. The van der Waals surface area contributed by atoms with Gasteiger partial charge >= 0.3 is 0 Å². The van der Waals surface area contributed by atoms with Gasteiger partial charge in [0.1, 0.15) is 5.15 Å². The molecule has 0 radical (unpaired) electrons. The maximum Gasteiger partial charge on any atom is 0.134 e. The molecule has 1 fully saturated rings. The first-order valence-electron chi connectivity index (χ1n) is 8.61. The third-order valence-corrected chi connectivity index (χ3v) is 5.16. The average molecular weight is 388 g/mol. The number of para-hydroxylation sites is 1. The van der Waals surface area contributed by atoms with E-state index in [4.69, 9.17) is 27.9 Å². The van der Waals surface area contributed by atoms with Crippen LogP contribution < -0.4 is 10.2 Å². The second-order valence-corrected chi connectivity index (χ2v) is 7.02. The Morgan fingerprint density at radius 3 is 2.65 bits per heavy atom. The number of hydrogen-bond donors (Lipinski definition) is 1. The van der Waals surface area contributed by atoms with Crippen molar-refractivity contribution in [2.45, 2.75) is 6.54 Å². The number of rotatable bonds is 4. The van der Waals surface area contributed by atoms with Crippen LogP contribution in [0.2, 0.25) is 10.2 Å². The van der Waals surface area contributed by atoms with Crippen molar-refractivity contribution in [2.75, 3.05) is 36.5 Å².